The molecular weight excluding hydrogens is 174 g/mol. The number of aliphatic hydroxyl groups is 1. The monoisotopic (exact) mass is 197 g/mol. The van der Waals surface area contributed by atoms with Gasteiger partial charge in [-0.15, -0.1) is 0 Å². The Balaban J connectivity index is 1.63. The Labute approximate surface area is 87.1 Å². The maximum absolute atomic E-state index is 9.54. The first-order valence-electron chi connectivity index (χ1n) is 6.17. The molecule has 2 aliphatic rings. The van der Waals surface area contributed by atoms with Gasteiger partial charge in [-0.05, 0) is 57.4 Å². The highest BCUT2D eigenvalue weighted by atomic mass is 16.3. The normalized spacial score (nSPS) is 35.6. The molecule has 2 nitrogen and oxygen atoms in total. The van der Waals surface area contributed by atoms with E-state index in [1.807, 2.05) is 0 Å². The predicted octanol–water partition coefficient (Wildman–Crippen LogP) is 1.93. The van der Waals surface area contributed by atoms with Crippen molar-refractivity contribution in [3.8, 4) is 0 Å². The van der Waals surface area contributed by atoms with Gasteiger partial charge in [0.15, 0.2) is 0 Å². The van der Waals surface area contributed by atoms with Crippen LogP contribution in [0.3, 0.4) is 0 Å². The van der Waals surface area contributed by atoms with Crippen LogP contribution in [0.4, 0.5) is 0 Å². The summed E-state index contributed by atoms with van der Waals surface area (Å²) >= 11 is 0. The number of aliphatic hydroxyl groups excluding tert-OH is 1. The van der Waals surface area contributed by atoms with Crippen LogP contribution in [-0.4, -0.2) is 23.8 Å². The average Bonchev–Trinajstić information content (AvgIpc) is 2.97. The minimum absolute atomic E-state index is 0.0215. The Hall–Kier alpha value is -0.0800. The average molecular weight is 197 g/mol. The molecule has 2 aliphatic carbocycles. The zero-order chi connectivity index (χ0) is 9.97. The summed E-state index contributed by atoms with van der Waals surface area (Å²) in [5.41, 5.74) is 0. The molecule has 0 bridgehead atoms. The van der Waals surface area contributed by atoms with Gasteiger partial charge in [0, 0.05) is 6.04 Å². The Morgan fingerprint density at radius 1 is 1.29 bits per heavy atom. The lowest BCUT2D eigenvalue weighted by molar-refractivity contribution is 0.0995. The molecule has 2 N–H and O–H groups in total. The van der Waals surface area contributed by atoms with E-state index in [0.717, 1.165) is 31.2 Å². The second kappa shape index (κ2) is 4.63. The van der Waals surface area contributed by atoms with E-state index in [1.165, 1.54) is 25.7 Å². The number of nitrogens with one attached hydrogen (secondary N) is 1. The largest absolute Gasteiger partial charge is 0.393 e. The van der Waals surface area contributed by atoms with Crippen LogP contribution in [-0.2, 0) is 0 Å². The van der Waals surface area contributed by atoms with Gasteiger partial charge in [-0.3, -0.25) is 0 Å². The van der Waals surface area contributed by atoms with Gasteiger partial charge < -0.3 is 10.4 Å². The number of hydrogen-bond donors (Lipinski definition) is 2. The second-order valence-corrected chi connectivity index (χ2v) is 5.22. The molecule has 2 fully saturated rings. The summed E-state index contributed by atoms with van der Waals surface area (Å²) < 4.78 is 0. The number of rotatable bonds is 4. The lowest BCUT2D eigenvalue weighted by Gasteiger charge is -2.27. The molecule has 0 radical (unpaired) electrons. The van der Waals surface area contributed by atoms with Crippen LogP contribution in [0.15, 0.2) is 0 Å². The van der Waals surface area contributed by atoms with Crippen molar-refractivity contribution < 1.29 is 5.11 Å². The molecule has 0 amide bonds. The molecule has 2 rings (SSSR count). The van der Waals surface area contributed by atoms with Crippen molar-refractivity contribution >= 4 is 0 Å². The van der Waals surface area contributed by atoms with Gasteiger partial charge in [0.1, 0.15) is 0 Å². The molecule has 0 spiro atoms. The van der Waals surface area contributed by atoms with Crippen molar-refractivity contribution in [3.63, 3.8) is 0 Å². The zero-order valence-electron chi connectivity index (χ0n) is 9.21. The van der Waals surface area contributed by atoms with Crippen molar-refractivity contribution in [2.24, 2.45) is 11.8 Å². The Morgan fingerprint density at radius 2 is 2.07 bits per heavy atom. The molecule has 3 atom stereocenters. The van der Waals surface area contributed by atoms with E-state index in [1.54, 1.807) is 0 Å². The molecule has 2 saturated carbocycles. The van der Waals surface area contributed by atoms with Crippen LogP contribution in [0.1, 0.15) is 45.4 Å². The minimum Gasteiger partial charge on any atom is -0.393 e. The van der Waals surface area contributed by atoms with E-state index in [0.29, 0.717) is 6.04 Å². The Morgan fingerprint density at radius 3 is 2.71 bits per heavy atom. The van der Waals surface area contributed by atoms with Gasteiger partial charge >= 0.3 is 0 Å². The molecular formula is C12H23NO. The van der Waals surface area contributed by atoms with Crippen LogP contribution in [0.2, 0.25) is 0 Å². The summed E-state index contributed by atoms with van der Waals surface area (Å²) in [6.07, 6.45) is 7.38. The van der Waals surface area contributed by atoms with Gasteiger partial charge in [-0.1, -0.05) is 6.42 Å². The van der Waals surface area contributed by atoms with Gasteiger partial charge in [-0.2, -0.15) is 0 Å². The fraction of sp³-hybridized carbons (Fsp3) is 1.00. The predicted molar refractivity (Wildman–Crippen MR) is 58.2 cm³/mol. The summed E-state index contributed by atoms with van der Waals surface area (Å²) in [7, 11) is 0. The summed E-state index contributed by atoms with van der Waals surface area (Å²) in [6.45, 7) is 3.42. The molecule has 0 aromatic carbocycles. The lowest BCUT2D eigenvalue weighted by atomic mass is 9.87. The summed E-state index contributed by atoms with van der Waals surface area (Å²) in [4.78, 5) is 0. The molecule has 0 aromatic rings. The zero-order valence-corrected chi connectivity index (χ0v) is 9.21. The van der Waals surface area contributed by atoms with E-state index in [4.69, 9.17) is 0 Å². The summed E-state index contributed by atoms with van der Waals surface area (Å²) in [6, 6.07) is 0.703. The fourth-order valence-corrected chi connectivity index (χ4v) is 2.56. The van der Waals surface area contributed by atoms with Crippen LogP contribution >= 0.6 is 0 Å². The molecule has 0 heterocycles. The van der Waals surface area contributed by atoms with E-state index < -0.39 is 0 Å². The van der Waals surface area contributed by atoms with Gasteiger partial charge in [0.05, 0.1) is 6.10 Å². The van der Waals surface area contributed by atoms with Crippen LogP contribution < -0.4 is 5.32 Å². The quantitative estimate of drug-likeness (QED) is 0.721. The number of hydrogen-bond acceptors (Lipinski definition) is 2. The van der Waals surface area contributed by atoms with E-state index in [-0.39, 0.29) is 6.10 Å². The van der Waals surface area contributed by atoms with Crippen molar-refractivity contribution in [2.45, 2.75) is 57.6 Å². The molecule has 0 aromatic heterocycles. The van der Waals surface area contributed by atoms with Crippen molar-refractivity contribution in [3.05, 3.63) is 0 Å². The first kappa shape index (κ1) is 10.4. The Bertz CT molecular complexity index is 179. The van der Waals surface area contributed by atoms with Gasteiger partial charge in [-0.25, -0.2) is 0 Å². The van der Waals surface area contributed by atoms with Gasteiger partial charge in [0.2, 0.25) is 0 Å². The highest BCUT2D eigenvalue weighted by Gasteiger charge is 2.28. The van der Waals surface area contributed by atoms with Crippen LogP contribution in [0.25, 0.3) is 0 Å². The minimum atomic E-state index is -0.0215. The van der Waals surface area contributed by atoms with Crippen LogP contribution in [0.5, 0.6) is 0 Å². The highest BCUT2D eigenvalue weighted by molar-refractivity contribution is 4.84. The summed E-state index contributed by atoms with van der Waals surface area (Å²) in [5.74, 6) is 1.67. The molecule has 3 unspecified atom stereocenters. The third kappa shape index (κ3) is 2.96. The van der Waals surface area contributed by atoms with Crippen LogP contribution in [0, 0.1) is 11.8 Å². The molecule has 0 saturated heterocycles. The topological polar surface area (TPSA) is 32.3 Å². The van der Waals surface area contributed by atoms with E-state index >= 15 is 0 Å². The Kier molecular flexibility index (Phi) is 3.45. The second-order valence-electron chi connectivity index (χ2n) is 5.22. The highest BCUT2D eigenvalue weighted by Crippen LogP contribution is 2.32. The van der Waals surface area contributed by atoms with Crippen molar-refractivity contribution in [2.75, 3.05) is 6.54 Å². The smallest absolute Gasteiger partial charge is 0.0543 e. The fourth-order valence-electron chi connectivity index (χ4n) is 2.56. The molecule has 0 aliphatic heterocycles. The van der Waals surface area contributed by atoms with E-state index in [2.05, 4.69) is 12.2 Å². The first-order chi connectivity index (χ1) is 6.75. The summed E-state index contributed by atoms with van der Waals surface area (Å²) in [5, 5.41) is 13.2. The SMILES string of the molecule is CC(NCC1CCCC(O)C1)C1CC1. The van der Waals surface area contributed by atoms with Gasteiger partial charge in [0.25, 0.3) is 0 Å². The molecule has 14 heavy (non-hydrogen) atoms. The molecule has 82 valence electrons. The van der Waals surface area contributed by atoms with Crippen molar-refractivity contribution in [1.82, 2.24) is 5.32 Å². The van der Waals surface area contributed by atoms with Crippen molar-refractivity contribution in [1.29, 1.82) is 0 Å². The first-order valence-corrected chi connectivity index (χ1v) is 6.17. The third-order valence-corrected chi connectivity index (χ3v) is 3.81. The maximum atomic E-state index is 9.54. The molecule has 2 heteroatoms. The van der Waals surface area contributed by atoms with E-state index in [9.17, 15) is 5.11 Å². The lowest BCUT2D eigenvalue weighted by Crippen LogP contribution is -2.35. The third-order valence-electron chi connectivity index (χ3n) is 3.81. The standard InChI is InChI=1S/C12H23NO/c1-9(11-5-6-11)13-8-10-3-2-4-12(14)7-10/h9-14H,2-8H2,1H3. The maximum Gasteiger partial charge on any atom is 0.0543 e.